The van der Waals surface area contributed by atoms with Crippen LogP contribution >= 0.6 is 0 Å². The average molecular weight is 353 g/mol. The van der Waals surface area contributed by atoms with E-state index in [4.69, 9.17) is 9.84 Å². The van der Waals surface area contributed by atoms with Crippen molar-refractivity contribution in [2.75, 3.05) is 13.7 Å². The highest BCUT2D eigenvalue weighted by atomic mass is 16.5. The molecule has 0 saturated heterocycles. The SMILES string of the molecule is COc1cc(C)c(/C=C/C(C)=C/C=C/C(C)=C/C=C(\C)CO)c(C)c1C. The van der Waals surface area contributed by atoms with Gasteiger partial charge in [0.05, 0.1) is 13.7 Å². The van der Waals surface area contributed by atoms with Gasteiger partial charge in [-0.3, -0.25) is 0 Å². The average Bonchev–Trinajstić information content (AvgIpc) is 2.62. The highest BCUT2D eigenvalue weighted by Gasteiger charge is 2.08. The Labute approximate surface area is 158 Å². The first-order chi connectivity index (χ1) is 12.3. The molecule has 1 aromatic carbocycles. The molecule has 26 heavy (non-hydrogen) atoms. The van der Waals surface area contributed by atoms with Crippen molar-refractivity contribution in [3.05, 3.63) is 81.5 Å². The normalized spacial score (nSPS) is 13.9. The number of aryl methyl sites for hydroxylation is 1. The quantitative estimate of drug-likeness (QED) is 0.608. The third kappa shape index (κ3) is 6.53. The molecular weight excluding hydrogens is 320 g/mol. The van der Waals surface area contributed by atoms with Crippen LogP contribution in [0.4, 0.5) is 0 Å². The lowest BCUT2D eigenvalue weighted by molar-refractivity contribution is 0.331. The summed E-state index contributed by atoms with van der Waals surface area (Å²) < 4.78 is 5.44. The lowest BCUT2D eigenvalue weighted by Crippen LogP contribution is -1.95. The Hall–Kier alpha value is -2.32. The van der Waals surface area contributed by atoms with Crippen molar-refractivity contribution in [3.8, 4) is 5.75 Å². The summed E-state index contributed by atoms with van der Waals surface area (Å²) in [5, 5.41) is 9.00. The van der Waals surface area contributed by atoms with Crippen LogP contribution in [0.15, 0.2) is 59.2 Å². The first-order valence-corrected chi connectivity index (χ1v) is 8.92. The molecule has 0 radical (unpaired) electrons. The lowest BCUT2D eigenvalue weighted by Gasteiger charge is -2.13. The molecular formula is C24H32O2. The Kier molecular flexibility index (Phi) is 8.87. The van der Waals surface area contributed by atoms with E-state index in [1.54, 1.807) is 7.11 Å². The Morgan fingerprint density at radius 3 is 2.23 bits per heavy atom. The van der Waals surface area contributed by atoms with Gasteiger partial charge in [-0.15, -0.1) is 0 Å². The molecule has 1 aromatic rings. The summed E-state index contributed by atoms with van der Waals surface area (Å²) in [4.78, 5) is 0. The summed E-state index contributed by atoms with van der Waals surface area (Å²) in [6.07, 6.45) is 14.5. The molecule has 0 aliphatic carbocycles. The number of aliphatic hydroxyl groups excluding tert-OH is 1. The number of methoxy groups -OCH3 is 1. The maximum Gasteiger partial charge on any atom is 0.122 e. The second-order valence-electron chi connectivity index (χ2n) is 6.74. The van der Waals surface area contributed by atoms with Crippen LogP contribution in [0.5, 0.6) is 5.75 Å². The number of benzene rings is 1. The maximum absolute atomic E-state index is 9.00. The van der Waals surface area contributed by atoms with Crippen molar-refractivity contribution in [3.63, 3.8) is 0 Å². The van der Waals surface area contributed by atoms with Crippen LogP contribution < -0.4 is 4.74 Å². The Morgan fingerprint density at radius 1 is 0.962 bits per heavy atom. The Balaban J connectivity index is 2.91. The van der Waals surface area contributed by atoms with Gasteiger partial charge in [0.2, 0.25) is 0 Å². The largest absolute Gasteiger partial charge is 0.496 e. The Bertz CT molecular complexity index is 772. The van der Waals surface area contributed by atoms with E-state index in [1.807, 2.05) is 32.1 Å². The molecule has 0 aromatic heterocycles. The number of ether oxygens (including phenoxy) is 1. The molecule has 0 fully saturated rings. The lowest BCUT2D eigenvalue weighted by atomic mass is 9.96. The monoisotopic (exact) mass is 352 g/mol. The van der Waals surface area contributed by atoms with Crippen LogP contribution in [0.1, 0.15) is 43.0 Å². The number of hydrogen-bond donors (Lipinski definition) is 1. The van der Waals surface area contributed by atoms with E-state index in [0.29, 0.717) is 0 Å². The summed E-state index contributed by atoms with van der Waals surface area (Å²) in [5.41, 5.74) is 8.19. The van der Waals surface area contributed by atoms with Gasteiger partial charge in [0.15, 0.2) is 0 Å². The minimum atomic E-state index is 0.0982. The predicted molar refractivity (Wildman–Crippen MR) is 114 cm³/mol. The van der Waals surface area contributed by atoms with Crippen LogP contribution in [0.25, 0.3) is 6.08 Å². The van der Waals surface area contributed by atoms with E-state index in [2.05, 4.69) is 58.1 Å². The van der Waals surface area contributed by atoms with E-state index < -0.39 is 0 Å². The van der Waals surface area contributed by atoms with Gasteiger partial charge in [-0.05, 0) is 75.4 Å². The summed E-state index contributed by atoms with van der Waals surface area (Å²) in [6, 6.07) is 2.09. The smallest absolute Gasteiger partial charge is 0.122 e. The van der Waals surface area contributed by atoms with Crippen molar-refractivity contribution >= 4 is 6.08 Å². The molecule has 0 atom stereocenters. The molecule has 1 N–H and O–H groups in total. The summed E-state index contributed by atoms with van der Waals surface area (Å²) >= 11 is 0. The number of rotatable bonds is 7. The molecule has 0 heterocycles. The zero-order valence-corrected chi connectivity index (χ0v) is 17.2. The van der Waals surface area contributed by atoms with Crippen molar-refractivity contribution in [2.45, 2.75) is 41.5 Å². The molecule has 0 unspecified atom stereocenters. The van der Waals surface area contributed by atoms with E-state index in [1.165, 1.54) is 27.8 Å². The van der Waals surface area contributed by atoms with Crippen molar-refractivity contribution in [2.24, 2.45) is 0 Å². The first-order valence-electron chi connectivity index (χ1n) is 8.92. The van der Waals surface area contributed by atoms with Crippen LogP contribution in [-0.4, -0.2) is 18.8 Å². The number of allylic oxidation sites excluding steroid dienone is 8. The zero-order valence-electron chi connectivity index (χ0n) is 17.2. The molecule has 2 nitrogen and oxygen atoms in total. The topological polar surface area (TPSA) is 29.5 Å². The van der Waals surface area contributed by atoms with E-state index in [-0.39, 0.29) is 6.61 Å². The van der Waals surface area contributed by atoms with Crippen LogP contribution in [0.3, 0.4) is 0 Å². The molecule has 0 amide bonds. The van der Waals surface area contributed by atoms with E-state index >= 15 is 0 Å². The van der Waals surface area contributed by atoms with Gasteiger partial charge in [-0.2, -0.15) is 0 Å². The fraction of sp³-hybridized carbons (Fsp3) is 0.333. The second kappa shape index (κ2) is 10.6. The molecule has 0 aliphatic rings. The highest BCUT2D eigenvalue weighted by molar-refractivity contribution is 5.64. The molecule has 0 bridgehead atoms. The minimum Gasteiger partial charge on any atom is -0.496 e. The predicted octanol–water partition coefficient (Wildman–Crippen LogP) is 6.02. The fourth-order valence-electron chi connectivity index (χ4n) is 2.54. The molecule has 0 saturated carbocycles. The third-order valence-corrected chi connectivity index (χ3v) is 4.44. The number of aliphatic hydroxyl groups is 1. The van der Waals surface area contributed by atoms with Crippen molar-refractivity contribution in [1.82, 2.24) is 0 Å². The number of hydrogen-bond acceptors (Lipinski definition) is 2. The molecule has 140 valence electrons. The highest BCUT2D eigenvalue weighted by Crippen LogP contribution is 2.28. The molecule has 0 aliphatic heterocycles. The van der Waals surface area contributed by atoms with Crippen LogP contribution in [0.2, 0.25) is 0 Å². The van der Waals surface area contributed by atoms with Crippen LogP contribution in [-0.2, 0) is 0 Å². The molecule has 1 rings (SSSR count). The molecule has 2 heteroatoms. The van der Waals surface area contributed by atoms with Gasteiger partial charge < -0.3 is 9.84 Å². The van der Waals surface area contributed by atoms with Crippen molar-refractivity contribution < 1.29 is 9.84 Å². The van der Waals surface area contributed by atoms with Gasteiger partial charge in [-0.25, -0.2) is 0 Å². The van der Waals surface area contributed by atoms with Crippen LogP contribution in [0, 0.1) is 20.8 Å². The van der Waals surface area contributed by atoms with Gasteiger partial charge in [0.1, 0.15) is 5.75 Å². The van der Waals surface area contributed by atoms with Gasteiger partial charge >= 0.3 is 0 Å². The van der Waals surface area contributed by atoms with Crippen molar-refractivity contribution in [1.29, 1.82) is 0 Å². The minimum absolute atomic E-state index is 0.0982. The fourth-order valence-corrected chi connectivity index (χ4v) is 2.54. The van der Waals surface area contributed by atoms with E-state index in [0.717, 1.165) is 16.9 Å². The zero-order chi connectivity index (χ0) is 19.7. The first kappa shape index (κ1) is 21.7. The van der Waals surface area contributed by atoms with Gasteiger partial charge in [0, 0.05) is 0 Å². The standard InChI is InChI=1S/C24H32O2/c1-17(11-12-19(3)16-25)9-8-10-18(2)13-14-23-20(4)15-24(26-7)22(6)21(23)5/h8-15,25H,16H2,1-7H3/b9-8+,14-13+,17-11+,18-10+,19-12+. The summed E-state index contributed by atoms with van der Waals surface area (Å²) in [6.45, 7) is 12.5. The van der Waals surface area contributed by atoms with Gasteiger partial charge in [0.25, 0.3) is 0 Å². The third-order valence-electron chi connectivity index (χ3n) is 4.44. The maximum atomic E-state index is 9.00. The summed E-state index contributed by atoms with van der Waals surface area (Å²) in [5.74, 6) is 0.945. The second-order valence-corrected chi connectivity index (χ2v) is 6.74. The van der Waals surface area contributed by atoms with E-state index in [9.17, 15) is 0 Å². The van der Waals surface area contributed by atoms with Gasteiger partial charge in [-0.1, -0.05) is 53.7 Å². The molecule has 0 spiro atoms. The Morgan fingerprint density at radius 2 is 1.62 bits per heavy atom. The summed E-state index contributed by atoms with van der Waals surface area (Å²) in [7, 11) is 1.72.